The van der Waals surface area contributed by atoms with Gasteiger partial charge in [-0.15, -0.1) is 0 Å². The number of hydrogen-bond acceptors (Lipinski definition) is 0. The topological polar surface area (TPSA) is 0 Å². The van der Waals surface area contributed by atoms with Gasteiger partial charge in [0.05, 0.1) is 0 Å². The van der Waals surface area contributed by atoms with E-state index in [2.05, 4.69) is 8.34 Å². The van der Waals surface area contributed by atoms with Gasteiger partial charge in [0.15, 0.2) is 0 Å². The first kappa shape index (κ1) is 4.66. The average molecular weight is 96.0 g/mol. The molecule has 0 rings (SSSR count). The third-order valence-corrected chi connectivity index (χ3v) is 0. The maximum absolute atomic E-state index is 10.9. The predicted octanol–water partition coefficient (Wildman–Crippen LogP) is 2.31. The van der Waals surface area contributed by atoms with Crippen LogP contribution in [-0.4, -0.2) is 6.66 Å². The van der Waals surface area contributed by atoms with Crippen LogP contribution in [0.3, 0.4) is 0 Å². The van der Waals surface area contributed by atoms with Crippen LogP contribution in [0.4, 0.5) is 4.20 Å². The Labute approximate surface area is 27.6 Å². The molecule has 1 atom stereocenters. The fourth-order valence-corrected chi connectivity index (χ4v) is 0. The van der Waals surface area contributed by atoms with Gasteiger partial charge in [-0.3, -0.25) is 0 Å². The molecule has 4 heavy (non-hydrogen) atoms. The van der Waals surface area contributed by atoms with E-state index in [0.29, 0.717) is 0 Å². The Morgan fingerprint density at radius 3 is 2.00 bits per heavy atom. The minimum atomic E-state index is -1.43. The average Bonchev–Trinajstić information content (AvgIpc) is 0.811. The summed E-state index contributed by atoms with van der Waals surface area (Å²) in [5.74, 6) is 0. The van der Waals surface area contributed by atoms with E-state index in [0.717, 1.165) is 0 Å². The SMILES string of the molecule is CP(F)#P. The summed E-state index contributed by atoms with van der Waals surface area (Å²) in [5.41, 5.74) is 0. The first-order chi connectivity index (χ1) is 1.73. The fourth-order valence-electron chi connectivity index (χ4n) is 0. The summed E-state index contributed by atoms with van der Waals surface area (Å²) in [6.07, 6.45) is 0. The van der Waals surface area contributed by atoms with Crippen LogP contribution in [0.15, 0.2) is 0 Å². The normalized spacial score (nSPS) is 10.8. The summed E-state index contributed by atoms with van der Waals surface area (Å²) < 4.78 is 10.9. The van der Waals surface area contributed by atoms with Gasteiger partial charge in [0, 0.05) is 0 Å². The Kier molecular flexibility index (Phi) is 2.25. The molecule has 0 aromatic rings. The van der Waals surface area contributed by atoms with Gasteiger partial charge in [0.1, 0.15) is 0 Å². The van der Waals surface area contributed by atoms with Crippen molar-refractivity contribution in [1.82, 2.24) is 0 Å². The van der Waals surface area contributed by atoms with E-state index < -0.39 is 7.33 Å². The standard InChI is InChI=1S/CH3FP2/c1-4(2)3/h1H3. The Morgan fingerprint density at radius 2 is 2.00 bits per heavy atom. The molecule has 0 spiro atoms. The Hall–Kier alpha value is 0.660. The molecule has 0 N–H and O–H groups in total. The van der Waals surface area contributed by atoms with Crippen LogP contribution in [0.5, 0.6) is 0 Å². The molecular weight excluding hydrogens is 93.0 g/mol. The molecule has 0 aromatic heterocycles. The predicted molar refractivity (Wildman–Crippen MR) is 20.9 cm³/mol. The van der Waals surface area contributed by atoms with Gasteiger partial charge in [-0.1, -0.05) is 0 Å². The van der Waals surface area contributed by atoms with Crippen molar-refractivity contribution in [2.75, 3.05) is 6.66 Å². The van der Waals surface area contributed by atoms with Crippen LogP contribution >= 0.6 is 15.7 Å². The van der Waals surface area contributed by atoms with Gasteiger partial charge in [-0.25, -0.2) is 0 Å². The minimum absolute atomic E-state index is 1.43. The number of hydrogen-bond donors (Lipinski definition) is 0. The summed E-state index contributed by atoms with van der Waals surface area (Å²) in [6, 6.07) is 0. The molecule has 0 aliphatic rings. The van der Waals surface area contributed by atoms with Crippen molar-refractivity contribution >= 4 is 15.7 Å². The van der Waals surface area contributed by atoms with Crippen LogP contribution in [0.25, 0.3) is 0 Å². The van der Waals surface area contributed by atoms with Crippen molar-refractivity contribution < 1.29 is 4.20 Å². The molecule has 0 amide bonds. The van der Waals surface area contributed by atoms with Crippen molar-refractivity contribution in [3.63, 3.8) is 0 Å². The van der Waals surface area contributed by atoms with E-state index in [1.54, 1.807) is 0 Å². The zero-order chi connectivity index (χ0) is 3.58. The fraction of sp³-hybridized carbons (Fsp3) is 1.00. The summed E-state index contributed by atoms with van der Waals surface area (Å²) in [5, 5.41) is 0. The molecule has 0 radical (unpaired) electrons. The van der Waals surface area contributed by atoms with Gasteiger partial charge in [-0.2, -0.15) is 0 Å². The van der Waals surface area contributed by atoms with Gasteiger partial charge in [0.25, 0.3) is 0 Å². The second-order valence-corrected chi connectivity index (χ2v) is 2.99. The zero-order valence-corrected chi connectivity index (χ0v) is 4.06. The van der Waals surface area contributed by atoms with Crippen molar-refractivity contribution in [2.45, 2.75) is 0 Å². The summed E-state index contributed by atoms with van der Waals surface area (Å²) in [4.78, 5) is 0. The van der Waals surface area contributed by atoms with E-state index in [1.807, 2.05) is 0 Å². The van der Waals surface area contributed by atoms with E-state index in [1.165, 1.54) is 6.66 Å². The third kappa shape index (κ3) is 16.8. The van der Waals surface area contributed by atoms with Crippen LogP contribution in [0.1, 0.15) is 0 Å². The Balaban J connectivity index is 3.02. The molecule has 0 nitrogen and oxygen atoms in total. The molecule has 24 valence electrons. The van der Waals surface area contributed by atoms with Crippen molar-refractivity contribution in [3.05, 3.63) is 0 Å². The number of rotatable bonds is 0. The number of halogens is 1. The second-order valence-electron chi connectivity index (χ2n) is 0.445. The van der Waals surface area contributed by atoms with Gasteiger partial charge in [-0.05, 0) is 0 Å². The van der Waals surface area contributed by atoms with Crippen molar-refractivity contribution in [1.29, 1.82) is 0 Å². The summed E-state index contributed by atoms with van der Waals surface area (Å²) in [7, 11) is 1.94. The molecule has 3 heteroatoms. The molecule has 0 aromatic carbocycles. The van der Waals surface area contributed by atoms with Crippen LogP contribution < -0.4 is 0 Å². The molecule has 0 bridgehead atoms. The van der Waals surface area contributed by atoms with Crippen LogP contribution in [0, 0.1) is 0 Å². The first-order valence-corrected chi connectivity index (χ1v) is 3.65. The van der Waals surface area contributed by atoms with Gasteiger partial charge < -0.3 is 0 Å². The monoisotopic (exact) mass is 96.0 g/mol. The molecule has 0 saturated carbocycles. The Morgan fingerprint density at radius 1 is 2.00 bits per heavy atom. The zero-order valence-electron chi connectivity index (χ0n) is 2.27. The third-order valence-electron chi connectivity index (χ3n) is 0. The molecule has 1 unspecified atom stereocenters. The maximum atomic E-state index is 10.9. The second kappa shape index (κ2) is 1.93. The van der Waals surface area contributed by atoms with Crippen molar-refractivity contribution in [3.8, 4) is 0 Å². The Bertz CT molecular complexity index is 52.2. The molecule has 0 aliphatic heterocycles. The molecule has 0 aliphatic carbocycles. The molecule has 0 fully saturated rings. The van der Waals surface area contributed by atoms with E-state index in [4.69, 9.17) is 0 Å². The molecular formula is CH3FP2. The summed E-state index contributed by atoms with van der Waals surface area (Å²) >= 11 is 0. The first-order valence-electron chi connectivity index (χ1n) is 0.816. The molecule has 0 heterocycles. The van der Waals surface area contributed by atoms with Crippen molar-refractivity contribution in [2.24, 2.45) is 0 Å². The molecule has 0 saturated heterocycles. The van der Waals surface area contributed by atoms with E-state index in [9.17, 15) is 4.20 Å². The van der Waals surface area contributed by atoms with Gasteiger partial charge in [0.2, 0.25) is 0 Å². The van der Waals surface area contributed by atoms with Crippen LogP contribution in [0.2, 0.25) is 0 Å². The van der Waals surface area contributed by atoms with Crippen LogP contribution in [-0.2, 0) is 0 Å². The summed E-state index contributed by atoms with van der Waals surface area (Å²) in [6.45, 7) is 1.43. The quantitative estimate of drug-likeness (QED) is 0.406. The van der Waals surface area contributed by atoms with E-state index in [-0.39, 0.29) is 0 Å². The van der Waals surface area contributed by atoms with E-state index >= 15 is 0 Å². The van der Waals surface area contributed by atoms with Gasteiger partial charge >= 0.3 is 26.5 Å².